The first-order valence-electron chi connectivity index (χ1n) is 5.72. The highest BCUT2D eigenvalue weighted by atomic mass is 79.9. The summed E-state index contributed by atoms with van der Waals surface area (Å²) < 4.78 is 6.70. The molecule has 0 saturated carbocycles. The predicted octanol–water partition coefficient (Wildman–Crippen LogP) is 3.20. The van der Waals surface area contributed by atoms with Gasteiger partial charge in [0, 0.05) is 5.56 Å². The number of halogens is 3. The lowest BCUT2D eigenvalue weighted by molar-refractivity contribution is 0.0965. The number of hydrogen-bond acceptors (Lipinski definition) is 4. The number of ketones is 1. The molecule has 5 nitrogen and oxygen atoms in total. The fraction of sp³-hybridized carbons (Fsp3) is 0.154. The van der Waals surface area contributed by atoms with Crippen molar-refractivity contribution in [2.75, 3.05) is 7.11 Å². The average Bonchev–Trinajstić information content (AvgIpc) is 2.47. The third-order valence-electron chi connectivity index (χ3n) is 2.71. The van der Waals surface area contributed by atoms with Crippen molar-refractivity contribution in [1.82, 2.24) is 9.78 Å². The molecular weight excluding hydrogens is 383 g/mol. The van der Waals surface area contributed by atoms with Gasteiger partial charge in [-0.15, -0.1) is 0 Å². The van der Waals surface area contributed by atoms with Gasteiger partial charge in [-0.25, -0.2) is 4.68 Å². The van der Waals surface area contributed by atoms with Crippen molar-refractivity contribution in [3.05, 3.63) is 54.8 Å². The number of methoxy groups -OCH3 is 1. The van der Waals surface area contributed by atoms with E-state index >= 15 is 0 Å². The smallest absolute Gasteiger partial charge is 0.287 e. The number of rotatable bonds is 4. The molecule has 0 saturated heterocycles. The molecule has 0 aliphatic carbocycles. The zero-order valence-electron chi connectivity index (χ0n) is 10.8. The van der Waals surface area contributed by atoms with E-state index in [4.69, 9.17) is 27.9 Å². The van der Waals surface area contributed by atoms with Crippen molar-refractivity contribution in [2.45, 2.75) is 6.54 Å². The molecule has 0 amide bonds. The molecule has 0 N–H and O–H groups in total. The Kier molecular flexibility index (Phi) is 5.03. The second-order valence-electron chi connectivity index (χ2n) is 4.04. The number of carbonyl (C=O) groups is 1. The van der Waals surface area contributed by atoms with Crippen LogP contribution in [0.15, 0.2) is 33.7 Å². The molecule has 1 aromatic heterocycles. The standard InChI is InChI=1S/C13H9BrCl2N2O3/c1-21-11-3-2-7(4-8(11)14)10(19)6-18-13(20)12(16)9(15)5-17-18/h2-5H,6H2,1H3. The van der Waals surface area contributed by atoms with Crippen molar-refractivity contribution in [3.63, 3.8) is 0 Å². The third-order valence-corrected chi connectivity index (χ3v) is 4.08. The molecule has 1 aromatic carbocycles. The van der Waals surface area contributed by atoms with Gasteiger partial charge >= 0.3 is 0 Å². The lowest BCUT2D eigenvalue weighted by Crippen LogP contribution is -2.27. The van der Waals surface area contributed by atoms with Gasteiger partial charge in [-0.3, -0.25) is 9.59 Å². The molecule has 0 aliphatic rings. The minimum Gasteiger partial charge on any atom is -0.496 e. The predicted molar refractivity (Wildman–Crippen MR) is 83.5 cm³/mol. The molecule has 110 valence electrons. The summed E-state index contributed by atoms with van der Waals surface area (Å²) in [6.07, 6.45) is 1.22. The van der Waals surface area contributed by atoms with Crippen molar-refractivity contribution < 1.29 is 9.53 Å². The normalized spacial score (nSPS) is 10.5. The van der Waals surface area contributed by atoms with Gasteiger partial charge in [0.1, 0.15) is 17.3 Å². The van der Waals surface area contributed by atoms with Crippen LogP contribution in [-0.4, -0.2) is 22.7 Å². The van der Waals surface area contributed by atoms with Crippen molar-refractivity contribution in [1.29, 1.82) is 0 Å². The molecule has 0 aliphatic heterocycles. The maximum atomic E-state index is 12.2. The number of hydrogen-bond donors (Lipinski definition) is 0. The van der Waals surface area contributed by atoms with Crippen LogP contribution in [-0.2, 0) is 6.54 Å². The molecule has 1 heterocycles. The van der Waals surface area contributed by atoms with E-state index in [-0.39, 0.29) is 22.4 Å². The molecular formula is C13H9BrCl2N2O3. The molecule has 0 fully saturated rings. The summed E-state index contributed by atoms with van der Waals surface area (Å²) in [5, 5.41) is 3.69. The van der Waals surface area contributed by atoms with E-state index in [9.17, 15) is 9.59 Å². The second-order valence-corrected chi connectivity index (χ2v) is 5.68. The Morgan fingerprint density at radius 3 is 2.76 bits per heavy atom. The van der Waals surface area contributed by atoms with Crippen molar-refractivity contribution in [2.24, 2.45) is 0 Å². The Morgan fingerprint density at radius 2 is 2.14 bits per heavy atom. The zero-order chi connectivity index (χ0) is 15.6. The largest absolute Gasteiger partial charge is 0.496 e. The maximum Gasteiger partial charge on any atom is 0.287 e. The molecule has 2 aromatic rings. The van der Waals surface area contributed by atoms with Crippen LogP contribution in [0.3, 0.4) is 0 Å². The zero-order valence-corrected chi connectivity index (χ0v) is 13.9. The van der Waals surface area contributed by atoms with Crippen LogP contribution in [0.4, 0.5) is 0 Å². The molecule has 0 spiro atoms. The van der Waals surface area contributed by atoms with E-state index in [2.05, 4.69) is 21.0 Å². The van der Waals surface area contributed by atoms with E-state index in [0.29, 0.717) is 15.8 Å². The highest BCUT2D eigenvalue weighted by Crippen LogP contribution is 2.25. The number of carbonyl (C=O) groups excluding carboxylic acids is 1. The molecule has 0 atom stereocenters. The summed E-state index contributed by atoms with van der Waals surface area (Å²) >= 11 is 14.7. The number of Topliss-reactive ketones (excluding diaryl/α,β-unsaturated/α-hetero) is 1. The fourth-order valence-corrected chi connectivity index (χ4v) is 2.44. The summed E-state index contributed by atoms with van der Waals surface area (Å²) in [5.74, 6) is 0.322. The van der Waals surface area contributed by atoms with Crippen LogP contribution in [0.1, 0.15) is 10.4 Å². The topological polar surface area (TPSA) is 61.2 Å². The van der Waals surface area contributed by atoms with E-state index in [1.807, 2.05) is 0 Å². The lowest BCUT2D eigenvalue weighted by atomic mass is 10.1. The summed E-state index contributed by atoms with van der Waals surface area (Å²) in [5.41, 5.74) is -0.187. The van der Waals surface area contributed by atoms with E-state index in [1.54, 1.807) is 18.2 Å². The SMILES string of the molecule is COc1ccc(C(=O)Cn2ncc(Cl)c(Cl)c2=O)cc1Br. The highest BCUT2D eigenvalue weighted by Gasteiger charge is 2.13. The van der Waals surface area contributed by atoms with Crippen LogP contribution in [0.5, 0.6) is 5.75 Å². The summed E-state index contributed by atoms with van der Waals surface area (Å²) in [6.45, 7) is -0.228. The first kappa shape index (κ1) is 16.0. The van der Waals surface area contributed by atoms with E-state index in [0.717, 1.165) is 4.68 Å². The Hall–Kier alpha value is -1.37. The molecule has 8 heteroatoms. The molecule has 2 rings (SSSR count). The second kappa shape index (κ2) is 6.60. The quantitative estimate of drug-likeness (QED) is 0.751. The number of ether oxygens (including phenoxy) is 1. The summed E-state index contributed by atoms with van der Waals surface area (Å²) in [4.78, 5) is 24.0. The average molecular weight is 392 g/mol. The Bertz CT molecular complexity index is 762. The van der Waals surface area contributed by atoms with Gasteiger partial charge in [-0.2, -0.15) is 5.10 Å². The van der Waals surface area contributed by atoms with Crippen LogP contribution >= 0.6 is 39.1 Å². The van der Waals surface area contributed by atoms with Crippen LogP contribution in [0.25, 0.3) is 0 Å². The minimum absolute atomic E-state index is 0.0533. The molecule has 21 heavy (non-hydrogen) atoms. The van der Waals surface area contributed by atoms with Gasteiger partial charge < -0.3 is 4.74 Å². The van der Waals surface area contributed by atoms with Crippen LogP contribution < -0.4 is 10.3 Å². The first-order chi connectivity index (χ1) is 9.93. The highest BCUT2D eigenvalue weighted by molar-refractivity contribution is 9.10. The van der Waals surface area contributed by atoms with Gasteiger partial charge in [0.15, 0.2) is 5.78 Å². The van der Waals surface area contributed by atoms with E-state index < -0.39 is 5.56 Å². The van der Waals surface area contributed by atoms with Gasteiger partial charge in [0.2, 0.25) is 0 Å². The maximum absolute atomic E-state index is 12.2. The van der Waals surface area contributed by atoms with Crippen LogP contribution in [0, 0.1) is 0 Å². The number of benzene rings is 1. The molecule has 0 bridgehead atoms. The minimum atomic E-state index is -0.606. The molecule has 0 unspecified atom stereocenters. The lowest BCUT2D eigenvalue weighted by Gasteiger charge is -2.07. The van der Waals surface area contributed by atoms with E-state index in [1.165, 1.54) is 13.3 Å². The van der Waals surface area contributed by atoms with Gasteiger partial charge in [0.05, 0.1) is 22.8 Å². The Morgan fingerprint density at radius 1 is 1.43 bits per heavy atom. The van der Waals surface area contributed by atoms with Crippen molar-refractivity contribution >= 4 is 44.9 Å². The fourth-order valence-electron chi connectivity index (χ4n) is 1.62. The Balaban J connectivity index is 2.28. The summed E-state index contributed by atoms with van der Waals surface area (Å²) in [6, 6.07) is 4.88. The Labute approximate surface area is 138 Å². The molecule has 0 radical (unpaired) electrons. The van der Waals surface area contributed by atoms with Crippen molar-refractivity contribution in [3.8, 4) is 5.75 Å². The monoisotopic (exact) mass is 390 g/mol. The van der Waals surface area contributed by atoms with Gasteiger partial charge in [0.25, 0.3) is 5.56 Å². The van der Waals surface area contributed by atoms with Gasteiger partial charge in [-0.05, 0) is 34.1 Å². The summed E-state index contributed by atoms with van der Waals surface area (Å²) in [7, 11) is 1.53. The van der Waals surface area contributed by atoms with Crippen LogP contribution in [0.2, 0.25) is 10.0 Å². The third kappa shape index (κ3) is 3.45. The number of aromatic nitrogens is 2. The number of nitrogens with zero attached hydrogens (tertiary/aromatic N) is 2. The van der Waals surface area contributed by atoms with Gasteiger partial charge in [-0.1, -0.05) is 23.2 Å². The first-order valence-corrected chi connectivity index (χ1v) is 7.26.